The van der Waals surface area contributed by atoms with Gasteiger partial charge >= 0.3 is 0 Å². The zero-order valence-electron chi connectivity index (χ0n) is 15.3. The Morgan fingerprint density at radius 3 is 2.56 bits per heavy atom. The van der Waals surface area contributed by atoms with Crippen molar-refractivity contribution in [3.8, 4) is 11.5 Å². The van der Waals surface area contributed by atoms with Gasteiger partial charge in [-0.2, -0.15) is 4.98 Å². The van der Waals surface area contributed by atoms with Crippen molar-refractivity contribution in [2.24, 2.45) is 0 Å². The predicted molar refractivity (Wildman–Crippen MR) is 105 cm³/mol. The van der Waals surface area contributed by atoms with E-state index in [4.69, 9.17) is 4.52 Å². The number of nitrogens with zero attached hydrogens (tertiary/aromatic N) is 3. The fourth-order valence-corrected chi connectivity index (χ4v) is 5.61. The first-order chi connectivity index (χ1) is 12.6. The maximum Gasteiger partial charge on any atom is 0.257 e. The summed E-state index contributed by atoms with van der Waals surface area (Å²) in [7, 11) is -1.19. The highest BCUT2D eigenvalue weighted by molar-refractivity contribution is 7.92. The zero-order chi connectivity index (χ0) is 18.1. The number of aromatic nitrogens is 2. The molecule has 2 aliphatic rings. The second kappa shape index (κ2) is 8.26. The Hall–Kier alpha value is -1.48. The molecule has 1 unspecified atom stereocenters. The van der Waals surface area contributed by atoms with Gasteiger partial charge in [-0.3, -0.25) is 4.90 Å². The number of hydrogen-bond donors (Lipinski definition) is 1. The van der Waals surface area contributed by atoms with E-state index in [2.05, 4.69) is 20.4 Å². The Balaban J connectivity index is 0.00000210. The van der Waals surface area contributed by atoms with Crippen LogP contribution in [0.25, 0.3) is 11.5 Å². The Labute approximate surface area is 165 Å². The van der Waals surface area contributed by atoms with Gasteiger partial charge in [0.05, 0.1) is 16.2 Å². The van der Waals surface area contributed by atoms with Gasteiger partial charge in [-0.25, -0.2) is 8.42 Å². The molecule has 148 valence electrons. The van der Waals surface area contributed by atoms with E-state index < -0.39 is 9.84 Å². The average Bonchev–Trinajstić information content (AvgIpc) is 3.35. The summed E-state index contributed by atoms with van der Waals surface area (Å²) < 4.78 is 30.7. The van der Waals surface area contributed by atoms with Crippen LogP contribution in [0.1, 0.15) is 37.5 Å². The molecule has 1 aromatic heterocycles. The summed E-state index contributed by atoms with van der Waals surface area (Å²) in [5.41, 5.74) is 0.737. The van der Waals surface area contributed by atoms with Crippen LogP contribution in [0.2, 0.25) is 0 Å². The molecular weight excluding hydrogens is 388 g/mol. The summed E-state index contributed by atoms with van der Waals surface area (Å²) in [6, 6.07) is 6.90. The number of piperazine rings is 1. The smallest absolute Gasteiger partial charge is 0.257 e. The lowest BCUT2D eigenvalue weighted by Crippen LogP contribution is -2.44. The molecule has 1 N–H and O–H groups in total. The summed E-state index contributed by atoms with van der Waals surface area (Å²) in [4.78, 5) is 7.09. The van der Waals surface area contributed by atoms with Crippen LogP contribution in [-0.2, 0) is 9.84 Å². The van der Waals surface area contributed by atoms with E-state index in [9.17, 15) is 8.42 Å². The molecule has 0 spiro atoms. The number of benzene rings is 1. The van der Waals surface area contributed by atoms with E-state index in [1.54, 1.807) is 24.3 Å². The van der Waals surface area contributed by atoms with Gasteiger partial charge in [-0.15, -0.1) is 12.4 Å². The second-order valence-electron chi connectivity index (χ2n) is 7.13. The maximum absolute atomic E-state index is 12.7. The minimum Gasteiger partial charge on any atom is -0.334 e. The molecule has 2 fully saturated rings. The van der Waals surface area contributed by atoms with Gasteiger partial charge < -0.3 is 9.84 Å². The fraction of sp³-hybridized carbons (Fsp3) is 0.556. The SMILES string of the molecule is CN1CCNCC1c1noc(-c2ccc(S(=O)(=O)C3CCCC3)cc2)n1.Cl. The number of nitrogens with one attached hydrogen (secondary N) is 1. The largest absolute Gasteiger partial charge is 0.334 e. The van der Waals surface area contributed by atoms with Gasteiger partial charge in [-0.1, -0.05) is 18.0 Å². The van der Waals surface area contributed by atoms with E-state index in [1.165, 1.54) is 0 Å². The highest BCUT2D eigenvalue weighted by Crippen LogP contribution is 2.31. The molecule has 2 heterocycles. The van der Waals surface area contributed by atoms with Crippen molar-refractivity contribution in [1.29, 1.82) is 0 Å². The number of sulfone groups is 1. The number of rotatable bonds is 4. The van der Waals surface area contributed by atoms with Gasteiger partial charge in [0.2, 0.25) is 0 Å². The normalized spacial score (nSPS) is 21.9. The Bertz CT molecular complexity index is 863. The molecule has 1 aliphatic heterocycles. The third kappa shape index (κ3) is 4.03. The van der Waals surface area contributed by atoms with Crippen molar-refractivity contribution in [2.75, 3.05) is 26.7 Å². The summed E-state index contributed by atoms with van der Waals surface area (Å²) in [6.07, 6.45) is 3.52. The van der Waals surface area contributed by atoms with Gasteiger partial charge in [0.1, 0.15) is 0 Å². The molecule has 27 heavy (non-hydrogen) atoms. The minimum atomic E-state index is -3.24. The lowest BCUT2D eigenvalue weighted by molar-refractivity contribution is 0.190. The summed E-state index contributed by atoms with van der Waals surface area (Å²) in [5.74, 6) is 1.07. The summed E-state index contributed by atoms with van der Waals surface area (Å²) in [5, 5.41) is 7.21. The van der Waals surface area contributed by atoms with Crippen LogP contribution in [-0.4, -0.2) is 55.4 Å². The first-order valence-electron chi connectivity index (χ1n) is 9.14. The average molecular weight is 413 g/mol. The monoisotopic (exact) mass is 412 g/mol. The molecule has 2 aromatic rings. The Morgan fingerprint density at radius 2 is 1.89 bits per heavy atom. The zero-order valence-corrected chi connectivity index (χ0v) is 16.9. The van der Waals surface area contributed by atoms with Crippen LogP contribution in [0.15, 0.2) is 33.7 Å². The van der Waals surface area contributed by atoms with E-state index in [0.717, 1.165) is 50.9 Å². The first kappa shape index (κ1) is 20.3. The maximum atomic E-state index is 12.7. The molecule has 4 rings (SSSR count). The van der Waals surface area contributed by atoms with Gasteiger partial charge in [-0.05, 0) is 44.2 Å². The highest BCUT2D eigenvalue weighted by atomic mass is 35.5. The quantitative estimate of drug-likeness (QED) is 0.824. The molecule has 0 bridgehead atoms. The van der Waals surface area contributed by atoms with Gasteiger partial charge in [0.25, 0.3) is 5.89 Å². The number of hydrogen-bond acceptors (Lipinski definition) is 7. The predicted octanol–water partition coefficient (Wildman–Crippen LogP) is 2.45. The standard InChI is InChI=1S/C18H24N4O3S.ClH/c1-22-11-10-19-12-16(22)17-20-18(25-21-17)13-6-8-15(9-7-13)26(23,24)14-4-2-3-5-14;/h6-9,14,16,19H,2-5,10-12H2,1H3;1H. The molecule has 0 radical (unpaired) electrons. The van der Waals surface area contributed by atoms with E-state index in [1.807, 2.05) is 7.05 Å². The van der Waals surface area contributed by atoms with Gasteiger partial charge in [0.15, 0.2) is 15.7 Å². The van der Waals surface area contributed by atoms with Gasteiger partial charge in [0, 0.05) is 25.2 Å². The summed E-state index contributed by atoms with van der Waals surface area (Å²) in [6.45, 7) is 2.67. The molecule has 1 aliphatic carbocycles. The summed E-state index contributed by atoms with van der Waals surface area (Å²) >= 11 is 0. The second-order valence-corrected chi connectivity index (χ2v) is 9.36. The van der Waals surface area contributed by atoms with Crippen LogP contribution in [0.5, 0.6) is 0 Å². The van der Waals surface area contributed by atoms with Crippen LogP contribution in [0, 0.1) is 0 Å². The topological polar surface area (TPSA) is 88.3 Å². The van der Waals surface area contributed by atoms with Crippen molar-refractivity contribution < 1.29 is 12.9 Å². The van der Waals surface area contributed by atoms with Crippen LogP contribution < -0.4 is 5.32 Å². The van der Waals surface area contributed by atoms with Crippen molar-refractivity contribution >= 4 is 22.2 Å². The van der Waals surface area contributed by atoms with Crippen LogP contribution >= 0.6 is 12.4 Å². The van der Waals surface area contributed by atoms with Crippen molar-refractivity contribution in [1.82, 2.24) is 20.4 Å². The molecule has 7 nitrogen and oxygen atoms in total. The van der Waals surface area contributed by atoms with Crippen LogP contribution in [0.3, 0.4) is 0 Å². The fourth-order valence-electron chi connectivity index (χ4n) is 3.76. The molecular formula is C18H25ClN4O3S. The van der Waals surface area contributed by atoms with Crippen molar-refractivity contribution in [3.63, 3.8) is 0 Å². The Kier molecular flexibility index (Phi) is 6.20. The number of halogens is 1. The minimum absolute atomic E-state index is 0. The number of likely N-dealkylation sites (N-methyl/N-ethyl adjacent to an activating group) is 1. The van der Waals surface area contributed by atoms with Crippen molar-refractivity contribution in [2.45, 2.75) is 41.9 Å². The Morgan fingerprint density at radius 1 is 1.19 bits per heavy atom. The van der Waals surface area contributed by atoms with E-state index in [-0.39, 0.29) is 23.7 Å². The molecule has 1 saturated carbocycles. The third-order valence-electron chi connectivity index (χ3n) is 5.42. The molecule has 1 atom stereocenters. The van der Waals surface area contributed by atoms with Crippen LogP contribution in [0.4, 0.5) is 0 Å². The lowest BCUT2D eigenvalue weighted by atomic mass is 10.2. The lowest BCUT2D eigenvalue weighted by Gasteiger charge is -2.30. The third-order valence-corrected chi connectivity index (χ3v) is 7.70. The van der Waals surface area contributed by atoms with E-state index >= 15 is 0 Å². The molecule has 0 amide bonds. The molecule has 1 saturated heterocycles. The van der Waals surface area contributed by atoms with Crippen molar-refractivity contribution in [3.05, 3.63) is 30.1 Å². The van der Waals surface area contributed by atoms with E-state index in [0.29, 0.717) is 16.6 Å². The molecule has 9 heteroatoms. The highest BCUT2D eigenvalue weighted by Gasteiger charge is 2.30. The first-order valence-corrected chi connectivity index (χ1v) is 10.7. The molecule has 1 aromatic carbocycles.